The minimum atomic E-state index is -0.557. The summed E-state index contributed by atoms with van der Waals surface area (Å²) >= 11 is 0. The lowest BCUT2D eigenvalue weighted by Gasteiger charge is -2.23. The molecule has 0 radical (unpaired) electrons. The number of likely N-dealkylation sites (tertiary alicyclic amines) is 1. The zero-order valence-corrected chi connectivity index (χ0v) is 10.2. The van der Waals surface area contributed by atoms with Crippen molar-refractivity contribution in [1.29, 1.82) is 0 Å². The fraction of sp³-hybridized carbons (Fsp3) is 0.818. The Morgan fingerprint density at radius 2 is 1.81 bits per heavy atom. The summed E-state index contributed by atoms with van der Waals surface area (Å²) in [6.45, 7) is 5.31. The first-order chi connectivity index (χ1) is 7.56. The second kappa shape index (κ2) is 5.72. The fourth-order valence-corrected chi connectivity index (χ4v) is 1.77. The molecule has 5 nitrogen and oxygen atoms in total. The summed E-state index contributed by atoms with van der Waals surface area (Å²) in [5, 5.41) is 2.72. The summed E-state index contributed by atoms with van der Waals surface area (Å²) in [6, 6.07) is -0.722. The van der Waals surface area contributed by atoms with Gasteiger partial charge in [0.2, 0.25) is 0 Å². The summed E-state index contributed by atoms with van der Waals surface area (Å²) in [5.74, 6) is -0.360. The van der Waals surface area contributed by atoms with E-state index in [1.165, 1.54) is 7.11 Å². The fourth-order valence-electron chi connectivity index (χ4n) is 1.77. The molecule has 1 N–H and O–H groups in total. The Kier molecular flexibility index (Phi) is 4.58. The predicted octanol–water partition coefficient (Wildman–Crippen LogP) is 0.989. The number of ether oxygens (including phenoxy) is 1. The van der Waals surface area contributed by atoms with E-state index in [1.807, 2.05) is 13.8 Å². The molecule has 1 rings (SSSR count). The summed E-state index contributed by atoms with van der Waals surface area (Å²) in [5.41, 5.74) is 0. The number of hydrogen-bond acceptors (Lipinski definition) is 3. The summed E-state index contributed by atoms with van der Waals surface area (Å²) in [7, 11) is 1.33. The summed E-state index contributed by atoms with van der Waals surface area (Å²) in [4.78, 5) is 25.0. The molecule has 1 aliphatic heterocycles. The number of rotatable bonds is 3. The number of methoxy groups -OCH3 is 1. The SMILES string of the molecule is COC(=O)[C@@H](NC(=O)N1CCCC1)C(C)C. The molecule has 16 heavy (non-hydrogen) atoms. The number of carbonyl (C=O) groups is 2. The molecule has 0 spiro atoms. The largest absolute Gasteiger partial charge is 0.467 e. The minimum Gasteiger partial charge on any atom is -0.467 e. The monoisotopic (exact) mass is 228 g/mol. The van der Waals surface area contributed by atoms with E-state index in [0.717, 1.165) is 25.9 Å². The molecule has 0 saturated carbocycles. The molecule has 2 amide bonds. The average Bonchev–Trinajstić information content (AvgIpc) is 2.77. The first-order valence-electron chi connectivity index (χ1n) is 5.69. The number of esters is 1. The van der Waals surface area contributed by atoms with E-state index in [-0.39, 0.29) is 17.9 Å². The van der Waals surface area contributed by atoms with Crippen molar-refractivity contribution < 1.29 is 14.3 Å². The van der Waals surface area contributed by atoms with Crippen LogP contribution >= 0.6 is 0 Å². The van der Waals surface area contributed by atoms with Gasteiger partial charge in [0.15, 0.2) is 0 Å². The average molecular weight is 228 g/mol. The molecular weight excluding hydrogens is 208 g/mol. The Morgan fingerprint density at radius 1 is 1.25 bits per heavy atom. The van der Waals surface area contributed by atoms with E-state index in [1.54, 1.807) is 4.90 Å². The maximum atomic E-state index is 11.8. The third-order valence-corrected chi connectivity index (χ3v) is 2.79. The van der Waals surface area contributed by atoms with Crippen molar-refractivity contribution in [3.63, 3.8) is 0 Å². The van der Waals surface area contributed by atoms with Gasteiger partial charge < -0.3 is 15.0 Å². The second-order valence-corrected chi connectivity index (χ2v) is 4.39. The number of nitrogens with zero attached hydrogens (tertiary/aromatic N) is 1. The molecule has 5 heteroatoms. The van der Waals surface area contributed by atoms with E-state index >= 15 is 0 Å². The zero-order chi connectivity index (χ0) is 12.1. The highest BCUT2D eigenvalue weighted by molar-refractivity contribution is 5.83. The molecule has 92 valence electrons. The number of hydrogen-bond donors (Lipinski definition) is 1. The van der Waals surface area contributed by atoms with Crippen LogP contribution < -0.4 is 5.32 Å². The number of nitrogens with one attached hydrogen (secondary N) is 1. The van der Waals surface area contributed by atoms with Crippen molar-refractivity contribution in [3.05, 3.63) is 0 Å². The Morgan fingerprint density at radius 3 is 2.25 bits per heavy atom. The molecule has 0 aromatic rings. The third-order valence-electron chi connectivity index (χ3n) is 2.79. The third kappa shape index (κ3) is 3.12. The molecule has 1 fully saturated rings. The normalized spacial score (nSPS) is 17.4. The standard InChI is InChI=1S/C11H20N2O3/c1-8(2)9(10(14)16-3)12-11(15)13-6-4-5-7-13/h8-9H,4-7H2,1-3H3,(H,12,15)/t9-/m0/s1. The van der Waals surface area contributed by atoms with Gasteiger partial charge in [-0.05, 0) is 18.8 Å². The van der Waals surface area contributed by atoms with Crippen LogP contribution in [0.15, 0.2) is 0 Å². The zero-order valence-electron chi connectivity index (χ0n) is 10.2. The Labute approximate surface area is 96.1 Å². The molecular formula is C11H20N2O3. The van der Waals surface area contributed by atoms with Gasteiger partial charge in [-0.15, -0.1) is 0 Å². The van der Waals surface area contributed by atoms with Crippen LogP contribution in [0, 0.1) is 5.92 Å². The predicted molar refractivity (Wildman–Crippen MR) is 60.0 cm³/mol. The molecule has 1 heterocycles. The number of carbonyl (C=O) groups excluding carboxylic acids is 2. The van der Waals surface area contributed by atoms with E-state index in [2.05, 4.69) is 10.1 Å². The van der Waals surface area contributed by atoms with Gasteiger partial charge in [0.05, 0.1) is 7.11 Å². The highest BCUT2D eigenvalue weighted by Crippen LogP contribution is 2.09. The highest BCUT2D eigenvalue weighted by atomic mass is 16.5. The van der Waals surface area contributed by atoms with E-state index in [4.69, 9.17) is 0 Å². The van der Waals surface area contributed by atoms with Gasteiger partial charge in [-0.2, -0.15) is 0 Å². The molecule has 1 saturated heterocycles. The van der Waals surface area contributed by atoms with E-state index < -0.39 is 6.04 Å². The van der Waals surface area contributed by atoms with Crippen LogP contribution in [0.25, 0.3) is 0 Å². The molecule has 0 aromatic carbocycles. The quantitative estimate of drug-likeness (QED) is 0.733. The second-order valence-electron chi connectivity index (χ2n) is 4.39. The topological polar surface area (TPSA) is 58.6 Å². The van der Waals surface area contributed by atoms with Crippen molar-refractivity contribution in [3.8, 4) is 0 Å². The van der Waals surface area contributed by atoms with Crippen molar-refractivity contribution in [2.24, 2.45) is 5.92 Å². The van der Waals surface area contributed by atoms with Gasteiger partial charge in [-0.1, -0.05) is 13.8 Å². The van der Waals surface area contributed by atoms with Gasteiger partial charge in [0.25, 0.3) is 0 Å². The van der Waals surface area contributed by atoms with Crippen LogP contribution in [0.1, 0.15) is 26.7 Å². The lowest BCUT2D eigenvalue weighted by molar-refractivity contribution is -0.144. The maximum Gasteiger partial charge on any atom is 0.328 e. The van der Waals surface area contributed by atoms with E-state index in [0.29, 0.717) is 0 Å². The van der Waals surface area contributed by atoms with Crippen molar-refractivity contribution in [2.45, 2.75) is 32.7 Å². The molecule has 1 atom stereocenters. The van der Waals surface area contributed by atoms with Crippen molar-refractivity contribution in [2.75, 3.05) is 20.2 Å². The van der Waals surface area contributed by atoms with Gasteiger partial charge in [-0.3, -0.25) is 0 Å². The van der Waals surface area contributed by atoms with Gasteiger partial charge in [0, 0.05) is 13.1 Å². The van der Waals surface area contributed by atoms with Crippen LogP contribution in [0.2, 0.25) is 0 Å². The lowest BCUT2D eigenvalue weighted by Crippen LogP contribution is -2.49. The van der Waals surface area contributed by atoms with Gasteiger partial charge in [-0.25, -0.2) is 9.59 Å². The Hall–Kier alpha value is -1.26. The molecule has 1 aliphatic rings. The molecule has 0 bridgehead atoms. The number of urea groups is 1. The highest BCUT2D eigenvalue weighted by Gasteiger charge is 2.27. The van der Waals surface area contributed by atoms with Gasteiger partial charge >= 0.3 is 12.0 Å². The molecule has 0 aliphatic carbocycles. The van der Waals surface area contributed by atoms with E-state index in [9.17, 15) is 9.59 Å². The molecule has 0 aromatic heterocycles. The summed E-state index contributed by atoms with van der Waals surface area (Å²) in [6.07, 6.45) is 2.08. The van der Waals surface area contributed by atoms with Crippen molar-refractivity contribution >= 4 is 12.0 Å². The molecule has 0 unspecified atom stereocenters. The first kappa shape index (κ1) is 12.8. The Balaban J connectivity index is 2.53. The minimum absolute atomic E-state index is 0.0269. The van der Waals surface area contributed by atoms with Gasteiger partial charge in [0.1, 0.15) is 6.04 Å². The maximum absolute atomic E-state index is 11.8. The van der Waals surface area contributed by atoms with Crippen LogP contribution in [0.3, 0.4) is 0 Å². The van der Waals surface area contributed by atoms with Crippen molar-refractivity contribution in [1.82, 2.24) is 10.2 Å². The lowest BCUT2D eigenvalue weighted by atomic mass is 10.1. The van der Waals surface area contributed by atoms with Crippen LogP contribution in [-0.4, -0.2) is 43.1 Å². The summed E-state index contributed by atoms with van der Waals surface area (Å²) < 4.78 is 4.67. The van der Waals surface area contributed by atoms with Crippen LogP contribution in [0.5, 0.6) is 0 Å². The van der Waals surface area contributed by atoms with Crippen LogP contribution in [-0.2, 0) is 9.53 Å². The Bertz CT molecular complexity index is 260. The smallest absolute Gasteiger partial charge is 0.328 e. The first-order valence-corrected chi connectivity index (χ1v) is 5.69. The number of amides is 2. The van der Waals surface area contributed by atoms with Crippen LogP contribution in [0.4, 0.5) is 4.79 Å².